The Morgan fingerprint density at radius 1 is 0.861 bits per heavy atom. The summed E-state index contributed by atoms with van der Waals surface area (Å²) in [4.78, 5) is 87.5. The predicted molar refractivity (Wildman–Crippen MR) is 118 cm³/mol. The zero-order chi connectivity index (χ0) is 27.2. The quantitative estimate of drug-likeness (QED) is 0.150. The van der Waals surface area contributed by atoms with Crippen LogP contribution in [-0.2, 0) is 42.9 Å². The highest BCUT2D eigenvalue weighted by Crippen LogP contribution is 2.30. The van der Waals surface area contributed by atoms with Crippen molar-refractivity contribution in [3.63, 3.8) is 0 Å². The van der Waals surface area contributed by atoms with E-state index >= 15 is 0 Å². The monoisotopic (exact) mass is 533 g/mol. The second-order valence-corrected chi connectivity index (χ2v) is 7.75. The van der Waals surface area contributed by atoms with Gasteiger partial charge in [0, 0.05) is 27.7 Å². The minimum absolute atomic E-state index is 0.449. The number of carbonyl (C=O) groups is 5. The number of hydrogen-bond donors (Lipinski definition) is 3. The number of Topliss-reactive ketones (excluding diaryl/α,β-unsaturated/α-hetero) is 1. The summed E-state index contributed by atoms with van der Waals surface area (Å²) in [6.07, 6.45) is -7.32. The molecule has 0 radical (unpaired) electrons. The Balaban J connectivity index is 2.63. The number of alkyl halides is 1. The number of halogens is 1. The van der Waals surface area contributed by atoms with Gasteiger partial charge in [-0.25, -0.2) is 4.79 Å². The molecule has 3 N–H and O–H groups in total. The lowest BCUT2D eigenvalue weighted by atomic mass is 9.97. The van der Waals surface area contributed by atoms with Gasteiger partial charge >= 0.3 is 29.6 Å². The van der Waals surface area contributed by atoms with Crippen LogP contribution in [0.4, 0.5) is 5.82 Å². The number of hydrogen-bond acceptors (Lipinski definition) is 13. The first-order valence-corrected chi connectivity index (χ1v) is 10.9. The number of carbonyl (C=O) groups excluding carboxylic acids is 5. The van der Waals surface area contributed by atoms with E-state index in [1.807, 2.05) is 4.98 Å². The molecule has 0 aliphatic carbocycles. The van der Waals surface area contributed by atoms with Crippen LogP contribution in [0.1, 0.15) is 38.1 Å². The number of H-pyrrole nitrogens is 2. The summed E-state index contributed by atoms with van der Waals surface area (Å²) in [5.41, 5.74) is -2.64. The molecule has 0 spiro atoms. The Hall–Kier alpha value is -3.72. The number of ether oxygens (including phenoxy) is 5. The average molecular weight is 534 g/mol. The molecule has 1 saturated heterocycles. The van der Waals surface area contributed by atoms with E-state index in [0.717, 1.165) is 27.7 Å². The van der Waals surface area contributed by atoms with Crippen LogP contribution < -0.4 is 16.6 Å². The van der Waals surface area contributed by atoms with E-state index in [1.54, 1.807) is 0 Å². The third-order valence-corrected chi connectivity index (χ3v) is 4.86. The van der Waals surface area contributed by atoms with Gasteiger partial charge in [-0.3, -0.25) is 38.7 Å². The fourth-order valence-electron chi connectivity index (χ4n) is 3.41. The summed E-state index contributed by atoms with van der Waals surface area (Å²) in [6, 6.07) is 0. The first-order chi connectivity index (χ1) is 16.8. The lowest BCUT2D eigenvalue weighted by Crippen LogP contribution is -2.64. The first-order valence-electron chi connectivity index (χ1n) is 10.4. The Labute approximate surface area is 207 Å². The highest BCUT2D eigenvalue weighted by Gasteiger charge is 2.52. The number of aromatic amines is 2. The molecule has 0 saturated carbocycles. The number of rotatable bonds is 9. The molecule has 1 aromatic heterocycles. The van der Waals surface area contributed by atoms with Crippen molar-refractivity contribution in [2.24, 2.45) is 0 Å². The number of anilines is 1. The SMILES string of the molecule is CC(=O)OCC1OC(Nc2[nH]c(=O)[nH]c(=O)c2C(=O)CCl)C(OC(C)=O)C(OC(C)=O)C1OC(C)=O. The van der Waals surface area contributed by atoms with Crippen LogP contribution in [0.25, 0.3) is 0 Å². The molecule has 15 nitrogen and oxygen atoms in total. The van der Waals surface area contributed by atoms with Crippen molar-refractivity contribution in [2.45, 2.75) is 58.3 Å². The second-order valence-electron chi connectivity index (χ2n) is 7.48. The van der Waals surface area contributed by atoms with E-state index in [1.165, 1.54) is 0 Å². The lowest BCUT2D eigenvalue weighted by Gasteiger charge is -2.44. The van der Waals surface area contributed by atoms with Crippen LogP contribution in [0.15, 0.2) is 9.59 Å². The van der Waals surface area contributed by atoms with Gasteiger partial charge < -0.3 is 29.0 Å². The number of ketones is 1. The zero-order valence-corrected chi connectivity index (χ0v) is 20.3. The zero-order valence-electron chi connectivity index (χ0n) is 19.6. The lowest BCUT2D eigenvalue weighted by molar-refractivity contribution is -0.247. The Morgan fingerprint density at radius 3 is 1.94 bits per heavy atom. The summed E-state index contributed by atoms with van der Waals surface area (Å²) in [6.45, 7) is 3.74. The van der Waals surface area contributed by atoms with Gasteiger partial charge in [-0.15, -0.1) is 11.6 Å². The van der Waals surface area contributed by atoms with Crippen LogP contribution in [-0.4, -0.2) is 82.8 Å². The fraction of sp³-hybridized carbons (Fsp3) is 0.550. The van der Waals surface area contributed by atoms with Crippen molar-refractivity contribution < 1.29 is 47.7 Å². The molecule has 198 valence electrons. The topological polar surface area (TPSA) is 209 Å². The molecule has 16 heteroatoms. The van der Waals surface area contributed by atoms with E-state index in [-0.39, 0.29) is 0 Å². The average Bonchev–Trinajstić information content (AvgIpc) is 2.74. The second kappa shape index (κ2) is 12.3. The summed E-state index contributed by atoms with van der Waals surface area (Å²) in [5.74, 6) is -5.21. The van der Waals surface area contributed by atoms with Gasteiger partial charge in [-0.1, -0.05) is 0 Å². The van der Waals surface area contributed by atoms with Gasteiger partial charge in [0.15, 0.2) is 30.3 Å². The highest BCUT2D eigenvalue weighted by molar-refractivity contribution is 6.31. The smallest absolute Gasteiger partial charge is 0.327 e. The van der Waals surface area contributed by atoms with E-state index in [4.69, 9.17) is 35.3 Å². The summed E-state index contributed by atoms with van der Waals surface area (Å²) in [5, 5.41) is 2.57. The van der Waals surface area contributed by atoms with Crippen LogP contribution >= 0.6 is 11.6 Å². The minimum Gasteiger partial charge on any atom is -0.463 e. The molecule has 5 atom stereocenters. The van der Waals surface area contributed by atoms with Gasteiger partial charge in [-0.2, -0.15) is 0 Å². The summed E-state index contributed by atoms with van der Waals surface area (Å²) >= 11 is 5.58. The third kappa shape index (κ3) is 7.39. The molecule has 1 aliphatic rings. The fourth-order valence-corrected chi connectivity index (χ4v) is 3.55. The molecule has 0 bridgehead atoms. The van der Waals surface area contributed by atoms with Crippen LogP contribution in [0.3, 0.4) is 0 Å². The molecular formula is C20H24ClN3O12. The standard InChI is InChI=1S/C20H24ClN3O12/c1-7(25)32-6-12-14(33-8(2)26)15(34-9(3)27)16(35-10(4)28)19(36-12)22-17-13(11(29)5-21)18(30)24-20(31)23-17/h12,14-16,19H,5-6H2,1-4H3,(H3,22,23,24,30,31). The van der Waals surface area contributed by atoms with Crippen molar-refractivity contribution >= 4 is 47.1 Å². The van der Waals surface area contributed by atoms with Gasteiger partial charge in [0.25, 0.3) is 5.56 Å². The Bertz CT molecular complexity index is 1150. The summed E-state index contributed by atoms with van der Waals surface area (Å²) < 4.78 is 26.6. The molecule has 36 heavy (non-hydrogen) atoms. The molecule has 1 aromatic rings. The minimum atomic E-state index is -1.55. The molecule has 2 heterocycles. The van der Waals surface area contributed by atoms with Crippen molar-refractivity contribution in [3.05, 3.63) is 26.4 Å². The maximum Gasteiger partial charge on any atom is 0.327 e. The van der Waals surface area contributed by atoms with Crippen LogP contribution in [0.2, 0.25) is 0 Å². The molecule has 5 unspecified atom stereocenters. The van der Waals surface area contributed by atoms with Gasteiger partial charge in [0.2, 0.25) is 0 Å². The Morgan fingerprint density at radius 2 is 1.42 bits per heavy atom. The van der Waals surface area contributed by atoms with Crippen LogP contribution in [0.5, 0.6) is 0 Å². The highest BCUT2D eigenvalue weighted by atomic mass is 35.5. The third-order valence-electron chi connectivity index (χ3n) is 4.62. The van der Waals surface area contributed by atoms with Crippen LogP contribution in [0, 0.1) is 0 Å². The van der Waals surface area contributed by atoms with Gasteiger partial charge in [0.05, 0.1) is 5.88 Å². The van der Waals surface area contributed by atoms with E-state index < -0.39 is 95.4 Å². The van der Waals surface area contributed by atoms with Crippen molar-refractivity contribution in [3.8, 4) is 0 Å². The number of nitrogens with one attached hydrogen (secondary N) is 3. The number of aromatic nitrogens is 2. The van der Waals surface area contributed by atoms with E-state index in [9.17, 15) is 33.6 Å². The predicted octanol–water partition coefficient (Wildman–Crippen LogP) is -1.02. The normalized spacial score (nSPS) is 23.2. The van der Waals surface area contributed by atoms with Crippen molar-refractivity contribution in [2.75, 3.05) is 17.8 Å². The maximum atomic E-state index is 12.3. The molecule has 1 fully saturated rings. The van der Waals surface area contributed by atoms with E-state index in [0.29, 0.717) is 0 Å². The van der Waals surface area contributed by atoms with Crippen molar-refractivity contribution in [1.29, 1.82) is 0 Å². The number of esters is 4. The maximum absolute atomic E-state index is 12.3. The molecule has 0 aromatic carbocycles. The molecule has 0 amide bonds. The largest absolute Gasteiger partial charge is 0.463 e. The molecule has 1 aliphatic heterocycles. The first kappa shape index (κ1) is 28.5. The molecule has 2 rings (SSSR count). The van der Waals surface area contributed by atoms with Crippen molar-refractivity contribution in [1.82, 2.24) is 9.97 Å². The van der Waals surface area contributed by atoms with E-state index in [2.05, 4.69) is 10.3 Å². The summed E-state index contributed by atoms with van der Waals surface area (Å²) in [7, 11) is 0. The Kier molecular flexibility index (Phi) is 9.75. The van der Waals surface area contributed by atoms with Gasteiger partial charge in [-0.05, 0) is 0 Å². The molecular weight excluding hydrogens is 510 g/mol. The van der Waals surface area contributed by atoms with Gasteiger partial charge in [0.1, 0.15) is 24.1 Å².